The molecule has 0 fully saturated rings. The van der Waals surface area contributed by atoms with Gasteiger partial charge in [-0.3, -0.25) is 20.4 Å². The van der Waals surface area contributed by atoms with Crippen LogP contribution in [-0.2, 0) is 16.6 Å². The van der Waals surface area contributed by atoms with E-state index < -0.39 is 28.4 Å². The number of hydrogen-bond donors (Lipinski definition) is 3. The highest BCUT2D eigenvalue weighted by Gasteiger charge is 2.17. The molecule has 0 aromatic heterocycles. The average molecular weight is 475 g/mol. The molecule has 0 bridgehead atoms. The Balaban J connectivity index is 1.63. The summed E-state index contributed by atoms with van der Waals surface area (Å²) in [5, 5.41) is 0. The second-order valence-corrected chi connectivity index (χ2v) is 8.42. The van der Waals surface area contributed by atoms with Crippen LogP contribution in [0.5, 0.6) is 5.75 Å². The van der Waals surface area contributed by atoms with Crippen LogP contribution in [0.3, 0.4) is 0 Å². The van der Waals surface area contributed by atoms with Crippen LogP contribution in [0.1, 0.15) is 26.3 Å². The molecule has 3 rings (SSSR count). The predicted molar refractivity (Wildman–Crippen MR) is 115 cm³/mol. The minimum absolute atomic E-state index is 0.0207. The molecule has 0 aliphatic heterocycles. The fourth-order valence-electron chi connectivity index (χ4n) is 2.73. The zero-order chi connectivity index (χ0) is 23.8. The van der Waals surface area contributed by atoms with E-state index in [1.54, 1.807) is 24.3 Å². The molecule has 0 unspecified atom stereocenters. The van der Waals surface area contributed by atoms with Gasteiger partial charge in [-0.2, -0.15) is 8.78 Å². The van der Waals surface area contributed by atoms with Gasteiger partial charge in [-0.05, 0) is 42.0 Å². The highest BCUT2D eigenvalue weighted by atomic mass is 32.2. The van der Waals surface area contributed by atoms with Crippen molar-refractivity contribution in [3.63, 3.8) is 0 Å². The van der Waals surface area contributed by atoms with Crippen molar-refractivity contribution in [2.24, 2.45) is 0 Å². The van der Waals surface area contributed by atoms with Crippen molar-refractivity contribution >= 4 is 21.8 Å². The normalized spacial score (nSPS) is 11.1. The number of sulfonamides is 1. The summed E-state index contributed by atoms with van der Waals surface area (Å²) in [5.74, 6) is -1.77. The molecule has 0 spiro atoms. The summed E-state index contributed by atoms with van der Waals surface area (Å²) in [6.07, 6.45) is 0. The van der Waals surface area contributed by atoms with Gasteiger partial charge in [-0.25, -0.2) is 13.1 Å². The van der Waals surface area contributed by atoms with E-state index >= 15 is 0 Å². The van der Waals surface area contributed by atoms with E-state index in [0.29, 0.717) is 0 Å². The summed E-state index contributed by atoms with van der Waals surface area (Å²) >= 11 is 0. The van der Waals surface area contributed by atoms with E-state index in [2.05, 4.69) is 20.3 Å². The molecule has 0 atom stereocenters. The molecule has 0 saturated carbocycles. The molecule has 11 heteroatoms. The molecule has 2 amide bonds. The van der Waals surface area contributed by atoms with Gasteiger partial charge in [0.15, 0.2) is 0 Å². The molecule has 0 heterocycles. The third kappa shape index (κ3) is 6.82. The molecular weight excluding hydrogens is 456 g/mol. The average Bonchev–Trinajstić information content (AvgIpc) is 2.81. The zero-order valence-electron chi connectivity index (χ0n) is 17.0. The molecule has 33 heavy (non-hydrogen) atoms. The van der Waals surface area contributed by atoms with Crippen LogP contribution in [0.15, 0.2) is 83.8 Å². The second-order valence-electron chi connectivity index (χ2n) is 6.65. The van der Waals surface area contributed by atoms with Crippen LogP contribution in [-0.4, -0.2) is 26.8 Å². The van der Waals surface area contributed by atoms with Crippen molar-refractivity contribution in [2.45, 2.75) is 18.1 Å². The second kappa shape index (κ2) is 10.7. The van der Waals surface area contributed by atoms with Crippen molar-refractivity contribution in [3.8, 4) is 5.75 Å². The minimum atomic E-state index is -3.90. The maximum absolute atomic E-state index is 12.6. The van der Waals surface area contributed by atoms with Crippen LogP contribution in [0.4, 0.5) is 8.78 Å². The first-order valence-electron chi connectivity index (χ1n) is 9.54. The van der Waals surface area contributed by atoms with Crippen molar-refractivity contribution in [3.05, 3.63) is 95.6 Å². The molecule has 3 aromatic rings. The number of rotatable bonds is 8. The number of halogens is 2. The molecule has 0 aliphatic rings. The molecule has 3 N–H and O–H groups in total. The Morgan fingerprint density at radius 1 is 0.818 bits per heavy atom. The van der Waals surface area contributed by atoms with Crippen LogP contribution < -0.4 is 20.3 Å². The van der Waals surface area contributed by atoms with Gasteiger partial charge in [-0.15, -0.1) is 0 Å². The number of ether oxygens (including phenoxy) is 1. The summed E-state index contributed by atoms with van der Waals surface area (Å²) in [5.41, 5.74) is 5.00. The Hall–Kier alpha value is -3.83. The van der Waals surface area contributed by atoms with Crippen molar-refractivity contribution in [1.29, 1.82) is 0 Å². The number of carbonyl (C=O) groups excluding carboxylic acids is 2. The molecule has 172 valence electrons. The Morgan fingerprint density at radius 3 is 2.06 bits per heavy atom. The van der Waals surface area contributed by atoms with Crippen molar-refractivity contribution in [1.82, 2.24) is 15.6 Å². The van der Waals surface area contributed by atoms with Gasteiger partial charge in [0, 0.05) is 17.7 Å². The lowest BCUT2D eigenvalue weighted by Gasteiger charge is -2.11. The lowest BCUT2D eigenvalue weighted by Crippen LogP contribution is -2.41. The number of alkyl halides is 2. The monoisotopic (exact) mass is 475 g/mol. The summed E-state index contributed by atoms with van der Waals surface area (Å²) in [4.78, 5) is 24.4. The van der Waals surface area contributed by atoms with Crippen molar-refractivity contribution in [2.75, 3.05) is 0 Å². The van der Waals surface area contributed by atoms with E-state index in [1.165, 1.54) is 36.4 Å². The van der Waals surface area contributed by atoms with Gasteiger partial charge in [0.25, 0.3) is 11.8 Å². The van der Waals surface area contributed by atoms with E-state index in [-0.39, 0.29) is 28.3 Å². The lowest BCUT2D eigenvalue weighted by atomic mass is 10.2. The Labute approximate surface area is 188 Å². The molecular formula is C22H19F2N3O5S. The van der Waals surface area contributed by atoms with E-state index in [1.807, 2.05) is 6.07 Å². The summed E-state index contributed by atoms with van der Waals surface area (Å²) in [7, 11) is -3.90. The van der Waals surface area contributed by atoms with Gasteiger partial charge in [0.2, 0.25) is 10.0 Å². The number of nitrogens with one attached hydrogen (secondary N) is 3. The van der Waals surface area contributed by atoms with Gasteiger partial charge >= 0.3 is 6.61 Å². The first-order valence-corrected chi connectivity index (χ1v) is 11.0. The minimum Gasteiger partial charge on any atom is -0.435 e. The third-order valence-electron chi connectivity index (χ3n) is 4.33. The fraction of sp³-hybridized carbons (Fsp3) is 0.0909. The molecule has 0 saturated heterocycles. The molecule has 0 aliphatic carbocycles. The quantitative estimate of drug-likeness (QED) is 0.434. The number of hydrazine groups is 1. The fourth-order valence-corrected chi connectivity index (χ4v) is 3.80. The highest BCUT2D eigenvalue weighted by Crippen LogP contribution is 2.16. The number of hydrogen-bond acceptors (Lipinski definition) is 5. The number of carbonyl (C=O) groups is 2. The number of amides is 2. The smallest absolute Gasteiger partial charge is 0.387 e. The Kier molecular flexibility index (Phi) is 7.70. The predicted octanol–water partition coefficient (Wildman–Crippen LogP) is 2.84. The molecule has 0 radical (unpaired) electrons. The highest BCUT2D eigenvalue weighted by molar-refractivity contribution is 7.89. The van der Waals surface area contributed by atoms with Gasteiger partial charge < -0.3 is 4.74 Å². The molecule has 8 nitrogen and oxygen atoms in total. The largest absolute Gasteiger partial charge is 0.435 e. The van der Waals surface area contributed by atoms with Gasteiger partial charge in [0.1, 0.15) is 5.75 Å². The van der Waals surface area contributed by atoms with Crippen LogP contribution in [0.2, 0.25) is 0 Å². The first-order chi connectivity index (χ1) is 15.7. The summed E-state index contributed by atoms with van der Waals surface area (Å²) in [6, 6.07) is 19.2. The van der Waals surface area contributed by atoms with Gasteiger partial charge in [0.05, 0.1) is 4.90 Å². The molecule has 3 aromatic carbocycles. The van der Waals surface area contributed by atoms with Crippen LogP contribution in [0.25, 0.3) is 0 Å². The first kappa shape index (κ1) is 23.8. The Morgan fingerprint density at radius 2 is 1.42 bits per heavy atom. The number of benzene rings is 3. The van der Waals surface area contributed by atoms with Gasteiger partial charge in [-0.1, -0.05) is 42.5 Å². The lowest BCUT2D eigenvalue weighted by molar-refractivity contribution is -0.0498. The summed E-state index contributed by atoms with van der Waals surface area (Å²) < 4.78 is 56.4. The topological polar surface area (TPSA) is 114 Å². The van der Waals surface area contributed by atoms with Crippen LogP contribution >= 0.6 is 0 Å². The SMILES string of the molecule is O=C(NNC(=O)c1cccc(S(=O)(=O)NCc2ccccc2)c1)c1cccc(OC(F)F)c1. The van der Waals surface area contributed by atoms with E-state index in [4.69, 9.17) is 0 Å². The van der Waals surface area contributed by atoms with E-state index in [0.717, 1.165) is 17.7 Å². The van der Waals surface area contributed by atoms with Crippen molar-refractivity contribution < 1.29 is 31.5 Å². The zero-order valence-corrected chi connectivity index (χ0v) is 17.8. The maximum atomic E-state index is 12.6. The van der Waals surface area contributed by atoms with E-state index in [9.17, 15) is 26.8 Å². The standard InChI is InChI=1S/C22H19F2N3O5S/c23-22(24)32-18-10-4-8-16(12-18)20(28)26-27-21(29)17-9-5-11-19(13-17)33(30,31)25-14-15-6-2-1-3-7-15/h1-13,22,25H,14H2,(H,26,28)(H,27,29). The van der Waals surface area contributed by atoms with Crippen LogP contribution in [0, 0.1) is 0 Å². The summed E-state index contributed by atoms with van der Waals surface area (Å²) in [6.45, 7) is -2.97. The third-order valence-corrected chi connectivity index (χ3v) is 5.73. The maximum Gasteiger partial charge on any atom is 0.387 e. The Bertz CT molecular complexity index is 1240.